The van der Waals surface area contributed by atoms with Crippen LogP contribution in [0.1, 0.15) is 71.6 Å². The number of hydrogen-bond donors (Lipinski definition) is 1. The van der Waals surface area contributed by atoms with Crippen LogP contribution >= 0.6 is 0 Å². The lowest BCUT2D eigenvalue weighted by molar-refractivity contribution is 0.0777. The molecule has 4 unspecified atom stereocenters. The normalized spacial score (nSPS) is 39.5. The molecule has 4 atom stereocenters. The second kappa shape index (κ2) is 6.91. The first-order valence-corrected chi connectivity index (χ1v) is 8.23. The summed E-state index contributed by atoms with van der Waals surface area (Å²) in [5, 5.41) is 0. The van der Waals surface area contributed by atoms with Crippen molar-refractivity contribution < 1.29 is 0 Å². The van der Waals surface area contributed by atoms with Crippen molar-refractivity contribution in [2.24, 2.45) is 11.7 Å². The van der Waals surface area contributed by atoms with Gasteiger partial charge in [-0.25, -0.2) is 0 Å². The third-order valence-corrected chi connectivity index (χ3v) is 5.20. The fourth-order valence-electron chi connectivity index (χ4n) is 4.10. The van der Waals surface area contributed by atoms with Crippen LogP contribution in [-0.2, 0) is 0 Å². The van der Waals surface area contributed by atoms with Crippen molar-refractivity contribution in [3.05, 3.63) is 0 Å². The minimum Gasteiger partial charge on any atom is -0.326 e. The minimum absolute atomic E-state index is 0.429. The van der Waals surface area contributed by atoms with E-state index in [0.717, 1.165) is 12.0 Å². The molecule has 1 heterocycles. The van der Waals surface area contributed by atoms with Crippen LogP contribution in [0.25, 0.3) is 0 Å². The third kappa shape index (κ3) is 3.48. The molecule has 0 radical (unpaired) electrons. The van der Waals surface area contributed by atoms with Crippen molar-refractivity contribution in [3.8, 4) is 0 Å². The average Bonchev–Trinajstić information content (AvgIpc) is 2.57. The molecule has 1 aliphatic carbocycles. The van der Waals surface area contributed by atoms with Gasteiger partial charge in [0.15, 0.2) is 0 Å². The Morgan fingerprint density at radius 2 is 1.94 bits per heavy atom. The summed E-state index contributed by atoms with van der Waals surface area (Å²) in [6, 6.07) is 1.85. The Bertz CT molecular complexity index is 241. The summed E-state index contributed by atoms with van der Waals surface area (Å²) in [6.07, 6.45) is 12.3. The van der Waals surface area contributed by atoms with Gasteiger partial charge in [0.1, 0.15) is 0 Å². The van der Waals surface area contributed by atoms with Gasteiger partial charge < -0.3 is 5.73 Å². The molecule has 2 fully saturated rings. The molecule has 2 rings (SSSR count). The fraction of sp³-hybridized carbons (Fsp3) is 1.00. The maximum absolute atomic E-state index is 6.44. The number of nitrogens with zero attached hydrogens (tertiary/aromatic N) is 1. The van der Waals surface area contributed by atoms with Gasteiger partial charge in [0.25, 0.3) is 0 Å². The molecule has 2 aliphatic rings. The van der Waals surface area contributed by atoms with Gasteiger partial charge in [-0.2, -0.15) is 0 Å². The van der Waals surface area contributed by atoms with E-state index in [9.17, 15) is 0 Å². The molecular weight excluding hydrogens is 220 g/mol. The third-order valence-electron chi connectivity index (χ3n) is 5.20. The zero-order valence-corrected chi connectivity index (χ0v) is 12.4. The molecule has 106 valence electrons. The summed E-state index contributed by atoms with van der Waals surface area (Å²) in [5.41, 5.74) is 6.44. The highest BCUT2D eigenvalue weighted by Crippen LogP contribution is 2.32. The van der Waals surface area contributed by atoms with E-state index in [1.165, 1.54) is 64.3 Å². The van der Waals surface area contributed by atoms with Gasteiger partial charge in [-0.1, -0.05) is 32.6 Å². The molecule has 2 nitrogen and oxygen atoms in total. The second-order valence-electron chi connectivity index (χ2n) is 6.64. The monoisotopic (exact) mass is 252 g/mol. The molecule has 0 aromatic heterocycles. The Hall–Kier alpha value is -0.0800. The van der Waals surface area contributed by atoms with Crippen molar-refractivity contribution >= 4 is 0 Å². The zero-order valence-electron chi connectivity index (χ0n) is 12.4. The van der Waals surface area contributed by atoms with Crippen molar-refractivity contribution in [2.45, 2.75) is 89.8 Å². The molecule has 0 amide bonds. The van der Waals surface area contributed by atoms with Crippen LogP contribution in [0.5, 0.6) is 0 Å². The van der Waals surface area contributed by atoms with Gasteiger partial charge in [-0.3, -0.25) is 4.90 Å². The van der Waals surface area contributed by atoms with Gasteiger partial charge in [0.05, 0.1) is 0 Å². The molecule has 18 heavy (non-hydrogen) atoms. The van der Waals surface area contributed by atoms with Crippen molar-refractivity contribution in [1.82, 2.24) is 4.90 Å². The molecular formula is C16H32N2. The first-order chi connectivity index (χ1) is 8.72. The Kier molecular flexibility index (Phi) is 5.50. The highest BCUT2D eigenvalue weighted by molar-refractivity contribution is 4.91. The topological polar surface area (TPSA) is 29.3 Å². The molecule has 1 saturated heterocycles. The van der Waals surface area contributed by atoms with Crippen LogP contribution in [0.4, 0.5) is 0 Å². The van der Waals surface area contributed by atoms with E-state index in [4.69, 9.17) is 5.73 Å². The van der Waals surface area contributed by atoms with Gasteiger partial charge in [0.2, 0.25) is 0 Å². The Balaban J connectivity index is 1.98. The Morgan fingerprint density at radius 3 is 2.72 bits per heavy atom. The lowest BCUT2D eigenvalue weighted by atomic mass is 9.79. The van der Waals surface area contributed by atoms with E-state index in [-0.39, 0.29) is 0 Å². The van der Waals surface area contributed by atoms with Gasteiger partial charge in [0, 0.05) is 18.1 Å². The zero-order chi connectivity index (χ0) is 13.0. The molecule has 0 aromatic rings. The molecule has 1 saturated carbocycles. The van der Waals surface area contributed by atoms with Crippen LogP contribution in [-0.4, -0.2) is 29.6 Å². The maximum Gasteiger partial charge on any atom is 0.0252 e. The smallest absolute Gasteiger partial charge is 0.0252 e. The van der Waals surface area contributed by atoms with Crippen LogP contribution in [0.15, 0.2) is 0 Å². The summed E-state index contributed by atoms with van der Waals surface area (Å²) in [6.45, 7) is 6.03. The first kappa shape index (κ1) is 14.3. The minimum atomic E-state index is 0.429. The van der Waals surface area contributed by atoms with E-state index in [1.54, 1.807) is 0 Å². The SMILES string of the molecule is CCCC1CCC(N)C(N2CCCCCC2C)C1. The van der Waals surface area contributed by atoms with E-state index < -0.39 is 0 Å². The Morgan fingerprint density at radius 1 is 1.11 bits per heavy atom. The standard InChI is InChI=1S/C16H32N2/c1-3-7-14-9-10-15(17)16(12-14)18-11-6-4-5-8-13(18)2/h13-16H,3-12,17H2,1-2H3. The van der Waals surface area contributed by atoms with E-state index in [0.29, 0.717) is 12.1 Å². The quantitative estimate of drug-likeness (QED) is 0.832. The molecule has 2 N–H and O–H groups in total. The molecule has 1 aliphatic heterocycles. The lowest BCUT2D eigenvalue weighted by Crippen LogP contribution is -2.54. The largest absolute Gasteiger partial charge is 0.326 e. The lowest BCUT2D eigenvalue weighted by Gasteiger charge is -2.43. The summed E-state index contributed by atoms with van der Waals surface area (Å²) in [7, 11) is 0. The van der Waals surface area contributed by atoms with E-state index in [1.807, 2.05) is 0 Å². The highest BCUT2D eigenvalue weighted by atomic mass is 15.2. The summed E-state index contributed by atoms with van der Waals surface area (Å²) in [5.74, 6) is 0.940. The van der Waals surface area contributed by atoms with Crippen LogP contribution < -0.4 is 5.73 Å². The average molecular weight is 252 g/mol. The van der Waals surface area contributed by atoms with E-state index >= 15 is 0 Å². The molecule has 2 heteroatoms. The van der Waals surface area contributed by atoms with E-state index in [2.05, 4.69) is 18.7 Å². The summed E-state index contributed by atoms with van der Waals surface area (Å²) >= 11 is 0. The van der Waals surface area contributed by atoms with Crippen molar-refractivity contribution in [2.75, 3.05) is 6.54 Å². The molecule has 0 aromatic carbocycles. The highest BCUT2D eigenvalue weighted by Gasteiger charge is 2.34. The number of hydrogen-bond acceptors (Lipinski definition) is 2. The number of rotatable bonds is 3. The van der Waals surface area contributed by atoms with Gasteiger partial charge in [-0.05, 0) is 51.5 Å². The summed E-state index contributed by atoms with van der Waals surface area (Å²) in [4.78, 5) is 2.76. The van der Waals surface area contributed by atoms with Gasteiger partial charge in [-0.15, -0.1) is 0 Å². The fourth-order valence-corrected chi connectivity index (χ4v) is 4.10. The van der Waals surface area contributed by atoms with Crippen molar-refractivity contribution in [3.63, 3.8) is 0 Å². The van der Waals surface area contributed by atoms with Crippen LogP contribution in [0, 0.1) is 5.92 Å². The summed E-state index contributed by atoms with van der Waals surface area (Å²) < 4.78 is 0. The van der Waals surface area contributed by atoms with Gasteiger partial charge >= 0.3 is 0 Å². The van der Waals surface area contributed by atoms with Crippen LogP contribution in [0.3, 0.4) is 0 Å². The first-order valence-electron chi connectivity index (χ1n) is 8.23. The molecule has 0 bridgehead atoms. The maximum atomic E-state index is 6.44. The predicted octanol–water partition coefficient (Wildman–Crippen LogP) is 3.55. The van der Waals surface area contributed by atoms with Crippen LogP contribution in [0.2, 0.25) is 0 Å². The number of likely N-dealkylation sites (tertiary alicyclic amines) is 1. The molecule has 0 spiro atoms. The van der Waals surface area contributed by atoms with Crippen molar-refractivity contribution in [1.29, 1.82) is 0 Å². The number of nitrogens with two attached hydrogens (primary N) is 1. The second-order valence-corrected chi connectivity index (χ2v) is 6.64. The Labute approximate surface area is 113 Å². The predicted molar refractivity (Wildman–Crippen MR) is 78.6 cm³/mol.